The highest BCUT2D eigenvalue weighted by Gasteiger charge is 2.25. The summed E-state index contributed by atoms with van der Waals surface area (Å²) in [4.78, 5) is 14.1. The van der Waals surface area contributed by atoms with E-state index >= 15 is 0 Å². The number of nitrogens with one attached hydrogen (secondary N) is 2. The zero-order valence-corrected chi connectivity index (χ0v) is 10.2. The smallest absolute Gasteiger partial charge is 0.239 e. The largest absolute Gasteiger partial charge is 0.341 e. The highest BCUT2D eigenvalue weighted by atomic mass is 16.2. The Hall–Kier alpha value is -0.610. The van der Waals surface area contributed by atoms with Gasteiger partial charge in [-0.05, 0) is 51.7 Å². The summed E-state index contributed by atoms with van der Waals surface area (Å²) >= 11 is 0. The molecule has 0 spiro atoms. The Morgan fingerprint density at radius 3 is 3.00 bits per heavy atom. The van der Waals surface area contributed by atoms with Gasteiger partial charge in [0.1, 0.15) is 0 Å². The summed E-state index contributed by atoms with van der Waals surface area (Å²) in [6.45, 7) is 7.02. The van der Waals surface area contributed by atoms with E-state index in [2.05, 4.69) is 15.5 Å². The topological polar surface area (TPSA) is 44.4 Å². The summed E-state index contributed by atoms with van der Waals surface area (Å²) in [5, 5.41) is 6.67. The minimum Gasteiger partial charge on any atom is -0.341 e. The summed E-state index contributed by atoms with van der Waals surface area (Å²) in [5.74, 6) is 0.936. The molecule has 0 radical (unpaired) electrons. The minimum absolute atomic E-state index is 0.000880. The van der Waals surface area contributed by atoms with Crippen LogP contribution >= 0.6 is 0 Å². The van der Waals surface area contributed by atoms with E-state index < -0.39 is 0 Å². The van der Waals surface area contributed by atoms with E-state index in [-0.39, 0.29) is 11.9 Å². The lowest BCUT2D eigenvalue weighted by Gasteiger charge is -2.30. The lowest BCUT2D eigenvalue weighted by atomic mass is 9.99. The Morgan fingerprint density at radius 2 is 2.25 bits per heavy atom. The normalized spacial score (nSPS) is 32.6. The third kappa shape index (κ3) is 2.95. The van der Waals surface area contributed by atoms with Crippen LogP contribution in [0.2, 0.25) is 0 Å². The van der Waals surface area contributed by atoms with Crippen LogP contribution in [0.25, 0.3) is 0 Å². The van der Waals surface area contributed by atoms with Crippen LogP contribution in [0.3, 0.4) is 0 Å². The van der Waals surface area contributed by atoms with Crippen LogP contribution in [0.1, 0.15) is 26.2 Å². The molecular formula is C12H23N3O. The Bertz CT molecular complexity index is 238. The summed E-state index contributed by atoms with van der Waals surface area (Å²) in [5.41, 5.74) is 0. The van der Waals surface area contributed by atoms with Crippen LogP contribution < -0.4 is 10.6 Å². The predicted octanol–water partition coefficient (Wildman–Crippen LogP) is 0.196. The standard InChI is InChI=1S/C12H23N3O/c1-10-12(16)15(7-3-6-14-10)9-11-4-2-5-13-8-11/h10-11,13-14H,2-9H2,1H3. The highest BCUT2D eigenvalue weighted by molar-refractivity contribution is 5.81. The van der Waals surface area contributed by atoms with Crippen molar-refractivity contribution < 1.29 is 4.79 Å². The number of hydrogen-bond acceptors (Lipinski definition) is 3. The first-order valence-electron chi connectivity index (χ1n) is 6.50. The highest BCUT2D eigenvalue weighted by Crippen LogP contribution is 2.13. The van der Waals surface area contributed by atoms with E-state index in [1.54, 1.807) is 0 Å². The minimum atomic E-state index is -0.000880. The van der Waals surface area contributed by atoms with Crippen LogP contribution in [0, 0.1) is 5.92 Å². The molecule has 2 N–H and O–H groups in total. The molecule has 2 atom stereocenters. The number of carbonyl (C=O) groups excluding carboxylic acids is 1. The average Bonchev–Trinajstić information content (AvgIpc) is 2.46. The van der Waals surface area contributed by atoms with E-state index in [1.807, 2.05) is 6.92 Å². The molecule has 2 rings (SSSR count). The number of piperidine rings is 1. The van der Waals surface area contributed by atoms with Gasteiger partial charge in [-0.2, -0.15) is 0 Å². The van der Waals surface area contributed by atoms with E-state index in [9.17, 15) is 4.79 Å². The second kappa shape index (κ2) is 5.64. The molecule has 2 saturated heterocycles. The molecule has 0 aromatic carbocycles. The fourth-order valence-corrected chi connectivity index (χ4v) is 2.63. The molecule has 0 bridgehead atoms. The van der Waals surface area contributed by atoms with Crippen molar-refractivity contribution >= 4 is 5.91 Å². The van der Waals surface area contributed by atoms with Crippen LogP contribution in [0.5, 0.6) is 0 Å². The molecule has 2 unspecified atom stereocenters. The van der Waals surface area contributed by atoms with Gasteiger partial charge >= 0.3 is 0 Å². The van der Waals surface area contributed by atoms with Gasteiger partial charge < -0.3 is 15.5 Å². The molecule has 0 saturated carbocycles. The molecule has 2 heterocycles. The third-order valence-corrected chi connectivity index (χ3v) is 3.61. The van der Waals surface area contributed by atoms with Gasteiger partial charge in [0.25, 0.3) is 0 Å². The summed E-state index contributed by atoms with van der Waals surface area (Å²) in [6, 6.07) is -0.000880. The van der Waals surface area contributed by atoms with Crippen molar-refractivity contribution in [3.8, 4) is 0 Å². The van der Waals surface area contributed by atoms with Gasteiger partial charge in [0.05, 0.1) is 6.04 Å². The fourth-order valence-electron chi connectivity index (χ4n) is 2.63. The van der Waals surface area contributed by atoms with Crippen LogP contribution in [0.15, 0.2) is 0 Å². The molecule has 0 aliphatic carbocycles. The Kier molecular flexibility index (Phi) is 4.18. The van der Waals surface area contributed by atoms with Crippen molar-refractivity contribution in [1.29, 1.82) is 0 Å². The first-order valence-corrected chi connectivity index (χ1v) is 6.50. The van der Waals surface area contributed by atoms with Crippen molar-refractivity contribution in [1.82, 2.24) is 15.5 Å². The first-order chi connectivity index (χ1) is 7.77. The van der Waals surface area contributed by atoms with E-state index in [0.29, 0.717) is 5.92 Å². The SMILES string of the molecule is CC1NCCCN(CC2CCCNC2)C1=O. The number of rotatable bonds is 2. The Balaban J connectivity index is 1.88. The van der Waals surface area contributed by atoms with Gasteiger partial charge in [-0.3, -0.25) is 4.79 Å². The molecule has 1 amide bonds. The van der Waals surface area contributed by atoms with Crippen molar-refractivity contribution in [2.75, 3.05) is 32.7 Å². The molecule has 4 nitrogen and oxygen atoms in total. The van der Waals surface area contributed by atoms with Crippen LogP contribution in [-0.4, -0.2) is 49.6 Å². The lowest BCUT2D eigenvalue weighted by molar-refractivity contribution is -0.132. The monoisotopic (exact) mass is 225 g/mol. The Morgan fingerprint density at radius 1 is 1.38 bits per heavy atom. The number of carbonyl (C=O) groups is 1. The van der Waals surface area contributed by atoms with Gasteiger partial charge in [-0.1, -0.05) is 0 Å². The number of amides is 1. The third-order valence-electron chi connectivity index (χ3n) is 3.61. The fraction of sp³-hybridized carbons (Fsp3) is 0.917. The summed E-state index contributed by atoms with van der Waals surface area (Å²) in [6.07, 6.45) is 3.59. The lowest BCUT2D eigenvalue weighted by Crippen LogP contribution is -2.45. The Labute approximate surface area is 97.8 Å². The summed E-state index contributed by atoms with van der Waals surface area (Å²) < 4.78 is 0. The maximum absolute atomic E-state index is 12.1. The number of hydrogen-bond donors (Lipinski definition) is 2. The molecule has 0 aromatic heterocycles. The quantitative estimate of drug-likeness (QED) is 0.705. The molecule has 0 aromatic rings. The molecular weight excluding hydrogens is 202 g/mol. The second-order valence-corrected chi connectivity index (χ2v) is 5.03. The molecule has 2 aliphatic heterocycles. The number of nitrogens with zero attached hydrogens (tertiary/aromatic N) is 1. The second-order valence-electron chi connectivity index (χ2n) is 5.03. The van der Waals surface area contributed by atoms with Gasteiger partial charge in [0.2, 0.25) is 5.91 Å². The van der Waals surface area contributed by atoms with Crippen LogP contribution in [-0.2, 0) is 4.79 Å². The molecule has 16 heavy (non-hydrogen) atoms. The van der Waals surface area contributed by atoms with Gasteiger partial charge in [-0.25, -0.2) is 0 Å². The van der Waals surface area contributed by atoms with Crippen molar-refractivity contribution in [2.45, 2.75) is 32.2 Å². The molecule has 92 valence electrons. The predicted molar refractivity (Wildman–Crippen MR) is 64.3 cm³/mol. The van der Waals surface area contributed by atoms with Gasteiger partial charge in [0, 0.05) is 13.1 Å². The maximum atomic E-state index is 12.1. The zero-order chi connectivity index (χ0) is 11.4. The average molecular weight is 225 g/mol. The van der Waals surface area contributed by atoms with Crippen molar-refractivity contribution in [3.63, 3.8) is 0 Å². The first kappa shape index (κ1) is 11.9. The van der Waals surface area contributed by atoms with E-state index in [0.717, 1.165) is 39.1 Å². The molecule has 4 heteroatoms. The van der Waals surface area contributed by atoms with Gasteiger partial charge in [0.15, 0.2) is 0 Å². The van der Waals surface area contributed by atoms with E-state index in [1.165, 1.54) is 12.8 Å². The molecule has 2 aliphatic rings. The van der Waals surface area contributed by atoms with Crippen LogP contribution in [0.4, 0.5) is 0 Å². The van der Waals surface area contributed by atoms with E-state index in [4.69, 9.17) is 0 Å². The van der Waals surface area contributed by atoms with Crippen molar-refractivity contribution in [3.05, 3.63) is 0 Å². The zero-order valence-electron chi connectivity index (χ0n) is 10.2. The molecule has 2 fully saturated rings. The van der Waals surface area contributed by atoms with Crippen molar-refractivity contribution in [2.24, 2.45) is 5.92 Å². The summed E-state index contributed by atoms with van der Waals surface area (Å²) in [7, 11) is 0. The van der Waals surface area contributed by atoms with Gasteiger partial charge in [-0.15, -0.1) is 0 Å². The maximum Gasteiger partial charge on any atom is 0.239 e.